The van der Waals surface area contributed by atoms with Crippen molar-refractivity contribution in [2.24, 2.45) is 0 Å². The fourth-order valence-corrected chi connectivity index (χ4v) is 2.96. The van der Waals surface area contributed by atoms with Crippen LogP contribution < -0.4 is 0 Å². The maximum absolute atomic E-state index is 12.2. The monoisotopic (exact) mass is 253 g/mol. The Balaban J connectivity index is 2.63. The number of carbonyl (C=O) groups is 1. The molecule has 17 heavy (non-hydrogen) atoms. The fourth-order valence-electron chi connectivity index (χ4n) is 2.01. The van der Waals surface area contributed by atoms with Gasteiger partial charge in [-0.1, -0.05) is 13.3 Å². The first-order valence-corrected chi connectivity index (χ1v) is 7.07. The summed E-state index contributed by atoms with van der Waals surface area (Å²) in [5.74, 6) is 0.248. The molecule has 0 fully saturated rings. The van der Waals surface area contributed by atoms with E-state index < -0.39 is 0 Å². The molecule has 0 bridgehead atoms. The van der Waals surface area contributed by atoms with Crippen molar-refractivity contribution >= 4 is 17.1 Å². The Labute approximate surface area is 109 Å². The molecule has 1 aromatic heterocycles. The van der Waals surface area contributed by atoms with Crippen LogP contribution in [0.2, 0.25) is 0 Å². The highest BCUT2D eigenvalue weighted by Crippen LogP contribution is 2.21. The maximum Gasteiger partial charge on any atom is 0.177 e. The summed E-state index contributed by atoms with van der Waals surface area (Å²) >= 11 is 1.70. The van der Waals surface area contributed by atoms with Crippen molar-refractivity contribution in [3.63, 3.8) is 0 Å². The zero-order chi connectivity index (χ0) is 13.0. The summed E-state index contributed by atoms with van der Waals surface area (Å²) in [7, 11) is 2.03. The van der Waals surface area contributed by atoms with Gasteiger partial charge in [-0.3, -0.25) is 9.69 Å². The number of nitrogens with zero attached hydrogens (tertiary/aromatic N) is 1. The summed E-state index contributed by atoms with van der Waals surface area (Å²) in [6.45, 7) is 8.97. The van der Waals surface area contributed by atoms with Crippen LogP contribution in [0, 0.1) is 13.8 Å². The van der Waals surface area contributed by atoms with Gasteiger partial charge in [0.2, 0.25) is 0 Å². The first kappa shape index (κ1) is 14.4. The summed E-state index contributed by atoms with van der Waals surface area (Å²) in [5, 5.41) is 0. The number of hydrogen-bond donors (Lipinski definition) is 0. The van der Waals surface area contributed by atoms with E-state index in [0.29, 0.717) is 12.6 Å². The van der Waals surface area contributed by atoms with Crippen molar-refractivity contribution in [2.75, 3.05) is 13.6 Å². The minimum Gasteiger partial charge on any atom is -0.296 e. The summed E-state index contributed by atoms with van der Waals surface area (Å²) in [6, 6.07) is 2.49. The number of carbonyl (C=O) groups excluding carboxylic acids is 1. The molecule has 1 rings (SSSR count). The molecule has 1 aromatic rings. The van der Waals surface area contributed by atoms with E-state index in [4.69, 9.17) is 0 Å². The van der Waals surface area contributed by atoms with Gasteiger partial charge < -0.3 is 0 Å². The predicted octanol–water partition coefficient (Wildman–Crippen LogP) is 3.67. The van der Waals surface area contributed by atoms with E-state index in [1.807, 2.05) is 20.0 Å². The van der Waals surface area contributed by atoms with Gasteiger partial charge in [-0.2, -0.15) is 0 Å². The smallest absolute Gasteiger partial charge is 0.177 e. The second kappa shape index (κ2) is 6.31. The Kier molecular flexibility index (Phi) is 5.34. The molecule has 0 N–H and O–H groups in total. The predicted molar refractivity (Wildman–Crippen MR) is 75.1 cm³/mol. The lowest BCUT2D eigenvalue weighted by atomic mass is 10.1. The lowest BCUT2D eigenvalue weighted by Crippen LogP contribution is -2.33. The molecule has 1 unspecified atom stereocenters. The molecule has 0 aliphatic heterocycles. The largest absolute Gasteiger partial charge is 0.296 e. The van der Waals surface area contributed by atoms with Crippen molar-refractivity contribution in [3.05, 3.63) is 21.4 Å². The van der Waals surface area contributed by atoms with E-state index in [1.54, 1.807) is 11.3 Å². The number of likely N-dealkylation sites (N-methyl/N-ethyl adjacent to an activating group) is 1. The quantitative estimate of drug-likeness (QED) is 0.721. The molecule has 1 heterocycles. The standard InChI is InChI=1S/C14H23NOS/c1-6-7-10(2)15(5)9-14(16)13-8-11(3)17-12(13)4/h8,10H,6-7,9H2,1-5H3. The summed E-state index contributed by atoms with van der Waals surface area (Å²) in [6.07, 6.45) is 2.31. The van der Waals surface area contributed by atoms with Crippen molar-refractivity contribution in [2.45, 2.75) is 46.6 Å². The lowest BCUT2D eigenvalue weighted by molar-refractivity contribution is 0.0921. The molecule has 0 amide bonds. The number of ketones is 1. The molecule has 3 heteroatoms. The van der Waals surface area contributed by atoms with Crippen LogP contribution in [0.1, 0.15) is 46.8 Å². The number of rotatable bonds is 6. The fraction of sp³-hybridized carbons (Fsp3) is 0.643. The molecule has 0 radical (unpaired) electrons. The van der Waals surface area contributed by atoms with E-state index in [1.165, 1.54) is 4.88 Å². The number of aryl methyl sites for hydroxylation is 2. The van der Waals surface area contributed by atoms with Crippen molar-refractivity contribution in [1.29, 1.82) is 0 Å². The Morgan fingerprint density at radius 3 is 2.59 bits per heavy atom. The molecule has 0 aliphatic rings. The van der Waals surface area contributed by atoms with Gasteiger partial charge >= 0.3 is 0 Å². The second-order valence-electron chi connectivity index (χ2n) is 4.80. The third-order valence-corrected chi connectivity index (χ3v) is 4.16. The highest BCUT2D eigenvalue weighted by atomic mass is 32.1. The zero-order valence-corrected chi connectivity index (χ0v) is 12.4. The minimum absolute atomic E-state index is 0.248. The van der Waals surface area contributed by atoms with Crippen LogP contribution in [0.3, 0.4) is 0 Å². The average molecular weight is 253 g/mol. The van der Waals surface area contributed by atoms with Gasteiger partial charge in [0.15, 0.2) is 5.78 Å². The first-order chi connectivity index (χ1) is 7.95. The van der Waals surface area contributed by atoms with Crippen LogP contribution in [0.15, 0.2) is 6.07 Å². The summed E-state index contributed by atoms with van der Waals surface area (Å²) < 4.78 is 0. The van der Waals surface area contributed by atoms with Crippen molar-refractivity contribution < 1.29 is 4.79 Å². The lowest BCUT2D eigenvalue weighted by Gasteiger charge is -2.23. The number of thiophene rings is 1. The Bertz CT molecular complexity index is 384. The highest BCUT2D eigenvalue weighted by molar-refractivity contribution is 7.12. The number of Topliss-reactive ketones (excluding diaryl/α,β-unsaturated/α-hetero) is 1. The topological polar surface area (TPSA) is 20.3 Å². The van der Waals surface area contributed by atoms with Gasteiger partial charge in [0, 0.05) is 21.4 Å². The van der Waals surface area contributed by atoms with E-state index in [-0.39, 0.29) is 5.78 Å². The molecule has 1 atom stereocenters. The minimum atomic E-state index is 0.248. The molecule has 0 saturated carbocycles. The van der Waals surface area contributed by atoms with E-state index in [9.17, 15) is 4.79 Å². The van der Waals surface area contributed by atoms with E-state index in [2.05, 4.69) is 25.7 Å². The first-order valence-electron chi connectivity index (χ1n) is 6.26. The molecule has 0 aromatic carbocycles. The highest BCUT2D eigenvalue weighted by Gasteiger charge is 2.16. The molecular formula is C14H23NOS. The SMILES string of the molecule is CCCC(C)N(C)CC(=O)c1cc(C)sc1C. The van der Waals surface area contributed by atoms with Crippen LogP contribution in [0.4, 0.5) is 0 Å². The molecule has 96 valence electrons. The van der Waals surface area contributed by atoms with Crippen LogP contribution >= 0.6 is 11.3 Å². The molecule has 0 aliphatic carbocycles. The molecular weight excluding hydrogens is 230 g/mol. The van der Waals surface area contributed by atoms with E-state index >= 15 is 0 Å². The van der Waals surface area contributed by atoms with Crippen molar-refractivity contribution in [1.82, 2.24) is 4.90 Å². The van der Waals surface area contributed by atoms with Crippen molar-refractivity contribution in [3.8, 4) is 0 Å². The third kappa shape index (κ3) is 3.93. The van der Waals surface area contributed by atoms with E-state index in [0.717, 1.165) is 23.3 Å². The zero-order valence-electron chi connectivity index (χ0n) is 11.5. The van der Waals surface area contributed by atoms with Crippen LogP contribution in [-0.2, 0) is 0 Å². The van der Waals surface area contributed by atoms with Gasteiger partial charge in [-0.15, -0.1) is 11.3 Å². The Morgan fingerprint density at radius 2 is 2.12 bits per heavy atom. The van der Waals surface area contributed by atoms with Gasteiger partial charge in [0.25, 0.3) is 0 Å². The summed E-state index contributed by atoms with van der Waals surface area (Å²) in [5.41, 5.74) is 0.906. The molecule has 2 nitrogen and oxygen atoms in total. The second-order valence-corrected chi connectivity index (χ2v) is 6.26. The van der Waals surface area contributed by atoms with Gasteiger partial charge in [0.1, 0.15) is 0 Å². The summed E-state index contributed by atoms with van der Waals surface area (Å²) in [4.78, 5) is 16.7. The van der Waals surface area contributed by atoms with Gasteiger partial charge in [-0.05, 0) is 40.3 Å². The normalized spacial score (nSPS) is 13.1. The average Bonchev–Trinajstić information content (AvgIpc) is 2.58. The van der Waals surface area contributed by atoms with Gasteiger partial charge in [0.05, 0.1) is 6.54 Å². The van der Waals surface area contributed by atoms with Crippen LogP contribution in [0.25, 0.3) is 0 Å². The Morgan fingerprint density at radius 1 is 1.47 bits per heavy atom. The molecule has 0 spiro atoms. The maximum atomic E-state index is 12.2. The Hall–Kier alpha value is -0.670. The molecule has 0 saturated heterocycles. The van der Waals surface area contributed by atoms with Crippen LogP contribution in [-0.4, -0.2) is 30.3 Å². The van der Waals surface area contributed by atoms with Crippen LogP contribution in [0.5, 0.6) is 0 Å². The third-order valence-electron chi connectivity index (χ3n) is 3.19. The van der Waals surface area contributed by atoms with Gasteiger partial charge in [-0.25, -0.2) is 0 Å². The number of hydrogen-bond acceptors (Lipinski definition) is 3.